The van der Waals surface area contributed by atoms with Gasteiger partial charge in [0.05, 0.1) is 5.69 Å². The Hall–Kier alpha value is -3.73. The zero-order chi connectivity index (χ0) is 17.8. The van der Waals surface area contributed by atoms with Crippen molar-refractivity contribution in [2.45, 2.75) is 0 Å². The maximum absolute atomic E-state index is 12.3. The first-order valence-electron chi connectivity index (χ1n) is 8.22. The summed E-state index contributed by atoms with van der Waals surface area (Å²) in [7, 11) is 0. The molecule has 5 nitrogen and oxygen atoms in total. The predicted octanol–water partition coefficient (Wildman–Crippen LogP) is 4.16. The molecule has 3 aromatic heterocycles. The molecule has 0 unspecified atom stereocenters. The van der Waals surface area contributed by atoms with Gasteiger partial charge in [0.2, 0.25) is 0 Å². The monoisotopic (exact) mass is 340 g/mol. The SMILES string of the molecule is O=C(/C=C/c1cn(-c2ccccc2)nc1-c1cccnc1)c1cc[nH]c1. The number of benzene rings is 1. The number of nitrogens with zero attached hydrogens (tertiary/aromatic N) is 3. The van der Waals surface area contributed by atoms with Crippen LogP contribution in [0.15, 0.2) is 85.6 Å². The summed E-state index contributed by atoms with van der Waals surface area (Å²) < 4.78 is 1.81. The van der Waals surface area contributed by atoms with E-state index in [9.17, 15) is 4.79 Å². The molecule has 4 rings (SSSR count). The van der Waals surface area contributed by atoms with Crippen molar-refractivity contribution in [1.29, 1.82) is 0 Å². The summed E-state index contributed by atoms with van der Waals surface area (Å²) in [6.45, 7) is 0. The van der Waals surface area contributed by atoms with Crippen molar-refractivity contribution in [1.82, 2.24) is 19.7 Å². The van der Waals surface area contributed by atoms with Crippen LogP contribution in [0.5, 0.6) is 0 Å². The van der Waals surface area contributed by atoms with E-state index in [-0.39, 0.29) is 5.78 Å². The highest BCUT2D eigenvalue weighted by Gasteiger charge is 2.11. The molecule has 5 heteroatoms. The topological polar surface area (TPSA) is 63.6 Å². The van der Waals surface area contributed by atoms with Crippen LogP contribution in [-0.4, -0.2) is 25.5 Å². The summed E-state index contributed by atoms with van der Waals surface area (Å²) in [6, 6.07) is 15.4. The molecule has 0 spiro atoms. The third kappa shape index (κ3) is 3.23. The molecule has 0 aliphatic carbocycles. The normalized spacial score (nSPS) is 11.1. The molecule has 26 heavy (non-hydrogen) atoms. The van der Waals surface area contributed by atoms with Crippen LogP contribution < -0.4 is 0 Å². The lowest BCUT2D eigenvalue weighted by Crippen LogP contribution is -1.94. The van der Waals surface area contributed by atoms with Gasteiger partial charge in [0.1, 0.15) is 5.69 Å². The minimum atomic E-state index is -0.0594. The van der Waals surface area contributed by atoms with Gasteiger partial charge in [-0.25, -0.2) is 4.68 Å². The number of carbonyl (C=O) groups is 1. The minimum absolute atomic E-state index is 0.0594. The van der Waals surface area contributed by atoms with Gasteiger partial charge in [0.25, 0.3) is 0 Å². The van der Waals surface area contributed by atoms with E-state index in [1.54, 1.807) is 43.0 Å². The zero-order valence-corrected chi connectivity index (χ0v) is 13.9. The number of nitrogens with one attached hydrogen (secondary N) is 1. The third-order valence-electron chi connectivity index (χ3n) is 3.99. The van der Waals surface area contributed by atoms with Crippen LogP contribution in [0, 0.1) is 0 Å². The first-order chi connectivity index (χ1) is 12.8. The van der Waals surface area contributed by atoms with Crippen molar-refractivity contribution >= 4 is 11.9 Å². The standard InChI is InChI=1S/C21H16N4O/c26-20(16-10-12-23-13-16)9-8-18-15-25(19-6-2-1-3-7-19)24-21(18)17-5-4-11-22-14-17/h1-15,23H/b9-8+. The number of carbonyl (C=O) groups excluding carboxylic acids is 1. The number of ketones is 1. The van der Waals surface area contributed by atoms with Crippen LogP contribution in [-0.2, 0) is 0 Å². The van der Waals surface area contributed by atoms with Crippen LogP contribution >= 0.6 is 0 Å². The summed E-state index contributed by atoms with van der Waals surface area (Å²) in [5, 5.41) is 4.70. The molecule has 0 amide bonds. The Bertz CT molecular complexity index is 1030. The van der Waals surface area contributed by atoms with E-state index >= 15 is 0 Å². The Morgan fingerprint density at radius 3 is 2.69 bits per heavy atom. The summed E-state index contributed by atoms with van der Waals surface area (Å²) in [4.78, 5) is 19.3. The molecule has 0 atom stereocenters. The molecular weight excluding hydrogens is 324 g/mol. The average Bonchev–Trinajstić information content (AvgIpc) is 3.38. The van der Waals surface area contributed by atoms with E-state index in [0.29, 0.717) is 5.56 Å². The highest BCUT2D eigenvalue weighted by Crippen LogP contribution is 2.24. The second-order valence-corrected chi connectivity index (χ2v) is 5.75. The fourth-order valence-corrected chi connectivity index (χ4v) is 2.69. The lowest BCUT2D eigenvalue weighted by molar-refractivity contribution is 0.104. The van der Waals surface area contributed by atoms with Crippen LogP contribution in [0.25, 0.3) is 23.0 Å². The Kier molecular flexibility index (Phi) is 4.26. The van der Waals surface area contributed by atoms with Crippen molar-refractivity contribution in [3.63, 3.8) is 0 Å². The van der Waals surface area contributed by atoms with Gasteiger partial charge in [-0.1, -0.05) is 18.2 Å². The lowest BCUT2D eigenvalue weighted by Gasteiger charge is -1.99. The molecule has 1 aromatic carbocycles. The first-order valence-corrected chi connectivity index (χ1v) is 8.22. The molecule has 1 N–H and O–H groups in total. The molecule has 0 fully saturated rings. The quantitative estimate of drug-likeness (QED) is 0.438. The van der Waals surface area contributed by atoms with E-state index in [2.05, 4.69) is 9.97 Å². The predicted molar refractivity (Wildman–Crippen MR) is 101 cm³/mol. The Balaban J connectivity index is 1.74. The van der Waals surface area contributed by atoms with Gasteiger partial charge in [0, 0.05) is 47.7 Å². The van der Waals surface area contributed by atoms with Gasteiger partial charge >= 0.3 is 0 Å². The summed E-state index contributed by atoms with van der Waals surface area (Å²) in [6.07, 6.45) is 12.2. The number of para-hydroxylation sites is 1. The summed E-state index contributed by atoms with van der Waals surface area (Å²) in [5.41, 5.74) is 4.11. The van der Waals surface area contributed by atoms with E-state index in [0.717, 1.165) is 22.5 Å². The summed E-state index contributed by atoms with van der Waals surface area (Å²) in [5.74, 6) is -0.0594. The number of rotatable bonds is 5. The van der Waals surface area contributed by atoms with Gasteiger partial charge in [-0.2, -0.15) is 5.10 Å². The summed E-state index contributed by atoms with van der Waals surface area (Å²) >= 11 is 0. The van der Waals surface area contributed by atoms with Crippen molar-refractivity contribution in [2.24, 2.45) is 0 Å². The maximum atomic E-state index is 12.3. The van der Waals surface area contributed by atoms with Crippen LogP contribution in [0.4, 0.5) is 0 Å². The van der Waals surface area contributed by atoms with E-state index in [1.165, 1.54) is 0 Å². The third-order valence-corrected chi connectivity index (χ3v) is 3.99. The van der Waals surface area contributed by atoms with Gasteiger partial charge in [-0.15, -0.1) is 0 Å². The van der Waals surface area contributed by atoms with Crippen LogP contribution in [0.1, 0.15) is 15.9 Å². The highest BCUT2D eigenvalue weighted by molar-refractivity contribution is 6.07. The number of hydrogen-bond donors (Lipinski definition) is 1. The number of hydrogen-bond acceptors (Lipinski definition) is 3. The van der Waals surface area contributed by atoms with Gasteiger partial charge < -0.3 is 4.98 Å². The van der Waals surface area contributed by atoms with Gasteiger partial charge in [-0.05, 0) is 42.5 Å². The van der Waals surface area contributed by atoms with E-state index < -0.39 is 0 Å². The second-order valence-electron chi connectivity index (χ2n) is 5.75. The lowest BCUT2D eigenvalue weighted by atomic mass is 10.1. The molecule has 0 radical (unpaired) electrons. The Morgan fingerprint density at radius 2 is 1.96 bits per heavy atom. The number of aromatic nitrogens is 4. The largest absolute Gasteiger partial charge is 0.367 e. The maximum Gasteiger partial charge on any atom is 0.187 e. The number of aromatic amines is 1. The van der Waals surface area contributed by atoms with Gasteiger partial charge in [-0.3, -0.25) is 9.78 Å². The van der Waals surface area contributed by atoms with Crippen LogP contribution in [0.2, 0.25) is 0 Å². The average molecular weight is 340 g/mol. The molecule has 0 saturated carbocycles. The second kappa shape index (κ2) is 7.03. The molecule has 4 aromatic rings. The molecule has 3 heterocycles. The van der Waals surface area contributed by atoms with Crippen molar-refractivity contribution in [3.05, 3.63) is 96.7 Å². The fourth-order valence-electron chi connectivity index (χ4n) is 2.69. The molecular formula is C21H16N4O. The molecule has 0 saturated heterocycles. The Labute approximate surface area is 150 Å². The smallest absolute Gasteiger partial charge is 0.187 e. The van der Waals surface area contributed by atoms with Crippen molar-refractivity contribution in [2.75, 3.05) is 0 Å². The van der Waals surface area contributed by atoms with Gasteiger partial charge in [0.15, 0.2) is 5.78 Å². The molecule has 0 aliphatic heterocycles. The van der Waals surface area contributed by atoms with Crippen molar-refractivity contribution < 1.29 is 4.79 Å². The molecule has 126 valence electrons. The number of pyridine rings is 1. The van der Waals surface area contributed by atoms with Crippen molar-refractivity contribution in [3.8, 4) is 16.9 Å². The molecule has 0 bridgehead atoms. The number of H-pyrrole nitrogens is 1. The zero-order valence-electron chi connectivity index (χ0n) is 13.9. The van der Waals surface area contributed by atoms with E-state index in [4.69, 9.17) is 5.10 Å². The highest BCUT2D eigenvalue weighted by atomic mass is 16.1. The minimum Gasteiger partial charge on any atom is -0.367 e. The van der Waals surface area contributed by atoms with Crippen LogP contribution in [0.3, 0.4) is 0 Å². The first kappa shape index (κ1) is 15.8. The molecule has 0 aliphatic rings. The van der Waals surface area contributed by atoms with E-state index in [1.807, 2.05) is 53.3 Å². The Morgan fingerprint density at radius 1 is 1.08 bits per heavy atom. The number of allylic oxidation sites excluding steroid dienone is 1. The fraction of sp³-hybridized carbons (Fsp3) is 0.